The van der Waals surface area contributed by atoms with Crippen molar-refractivity contribution >= 4 is 21.5 Å². The molecule has 8 heteroatoms. The second-order valence-electron chi connectivity index (χ2n) is 3.35. The molecule has 0 spiro atoms. The van der Waals surface area contributed by atoms with Gasteiger partial charge in [-0.3, -0.25) is 10.1 Å². The van der Waals surface area contributed by atoms with Crippen molar-refractivity contribution in [3.63, 3.8) is 0 Å². The van der Waals surface area contributed by atoms with Gasteiger partial charge < -0.3 is 5.73 Å². The first-order valence-electron chi connectivity index (χ1n) is 4.49. The SMILES string of the molecule is Cc1ccc(C(=N)N)cc1NS(=O)(=O)C(F)F. The fraction of sp³-hybridized carbons (Fsp3) is 0.222. The Morgan fingerprint density at radius 1 is 1.47 bits per heavy atom. The lowest BCUT2D eigenvalue weighted by atomic mass is 10.1. The zero-order valence-corrected chi connectivity index (χ0v) is 9.68. The third-order valence-electron chi connectivity index (χ3n) is 2.04. The van der Waals surface area contributed by atoms with E-state index in [1.165, 1.54) is 18.2 Å². The second kappa shape index (κ2) is 4.66. The molecule has 4 N–H and O–H groups in total. The Morgan fingerprint density at radius 2 is 2.06 bits per heavy atom. The quantitative estimate of drug-likeness (QED) is 0.563. The number of amidine groups is 1. The molecule has 0 heterocycles. The maximum absolute atomic E-state index is 12.2. The number of sulfonamides is 1. The molecule has 0 aromatic heterocycles. The van der Waals surface area contributed by atoms with Crippen LogP contribution in [0, 0.1) is 12.3 Å². The van der Waals surface area contributed by atoms with Gasteiger partial charge in [-0.05, 0) is 18.6 Å². The van der Waals surface area contributed by atoms with E-state index in [1.54, 1.807) is 11.6 Å². The number of aryl methyl sites for hydroxylation is 1. The van der Waals surface area contributed by atoms with Gasteiger partial charge in [-0.25, -0.2) is 8.42 Å². The Morgan fingerprint density at radius 3 is 2.53 bits per heavy atom. The average Bonchev–Trinajstić information content (AvgIpc) is 2.20. The van der Waals surface area contributed by atoms with Crippen molar-refractivity contribution in [2.75, 3.05) is 4.72 Å². The number of anilines is 1. The fourth-order valence-electron chi connectivity index (χ4n) is 1.10. The van der Waals surface area contributed by atoms with Gasteiger partial charge in [0.2, 0.25) is 0 Å². The van der Waals surface area contributed by atoms with Crippen LogP contribution in [0.2, 0.25) is 0 Å². The molecule has 0 radical (unpaired) electrons. The topological polar surface area (TPSA) is 96.0 Å². The fourth-order valence-corrected chi connectivity index (χ4v) is 1.71. The average molecular weight is 263 g/mol. The first-order valence-corrected chi connectivity index (χ1v) is 6.03. The Kier molecular flexibility index (Phi) is 3.66. The van der Waals surface area contributed by atoms with E-state index in [0.29, 0.717) is 5.56 Å². The Bertz CT molecular complexity index is 543. The molecular weight excluding hydrogens is 252 g/mol. The molecule has 0 saturated heterocycles. The van der Waals surface area contributed by atoms with Gasteiger partial charge >= 0.3 is 5.76 Å². The van der Waals surface area contributed by atoms with Crippen LogP contribution in [0.25, 0.3) is 0 Å². The summed E-state index contributed by atoms with van der Waals surface area (Å²) < 4.78 is 48.1. The molecular formula is C9H11F2N3O2S. The lowest BCUT2D eigenvalue weighted by Crippen LogP contribution is -2.21. The highest BCUT2D eigenvalue weighted by Crippen LogP contribution is 2.20. The minimum atomic E-state index is -4.71. The molecule has 0 saturated carbocycles. The van der Waals surface area contributed by atoms with Crippen molar-refractivity contribution in [1.29, 1.82) is 5.41 Å². The van der Waals surface area contributed by atoms with Gasteiger partial charge in [0.05, 0.1) is 5.69 Å². The Labute approximate surface area is 97.2 Å². The molecule has 0 unspecified atom stereocenters. The normalized spacial score (nSPS) is 11.5. The predicted molar refractivity (Wildman–Crippen MR) is 60.7 cm³/mol. The largest absolute Gasteiger partial charge is 0.384 e. The lowest BCUT2D eigenvalue weighted by Gasteiger charge is -2.11. The zero-order chi connectivity index (χ0) is 13.2. The number of nitrogens with one attached hydrogen (secondary N) is 2. The maximum atomic E-state index is 12.2. The second-order valence-corrected chi connectivity index (χ2v) is 5.00. The molecule has 17 heavy (non-hydrogen) atoms. The molecule has 1 aromatic rings. The number of alkyl halides is 2. The number of hydrogen-bond acceptors (Lipinski definition) is 3. The van der Waals surface area contributed by atoms with Crippen LogP contribution in [0.1, 0.15) is 11.1 Å². The summed E-state index contributed by atoms with van der Waals surface area (Å²) in [7, 11) is -4.71. The molecule has 94 valence electrons. The summed E-state index contributed by atoms with van der Waals surface area (Å²) in [6.45, 7) is 1.55. The van der Waals surface area contributed by atoms with Crippen molar-refractivity contribution < 1.29 is 17.2 Å². The number of halogens is 2. The van der Waals surface area contributed by atoms with Crippen LogP contribution < -0.4 is 10.5 Å². The van der Waals surface area contributed by atoms with E-state index in [2.05, 4.69) is 0 Å². The minimum absolute atomic E-state index is 0.0157. The van der Waals surface area contributed by atoms with Crippen LogP contribution >= 0.6 is 0 Å². The van der Waals surface area contributed by atoms with Gasteiger partial charge in [0, 0.05) is 5.56 Å². The van der Waals surface area contributed by atoms with E-state index < -0.39 is 15.8 Å². The number of rotatable bonds is 4. The first kappa shape index (κ1) is 13.4. The molecule has 1 aromatic carbocycles. The van der Waals surface area contributed by atoms with Crippen molar-refractivity contribution in [2.24, 2.45) is 5.73 Å². The number of benzene rings is 1. The van der Waals surface area contributed by atoms with Crippen LogP contribution in [0.5, 0.6) is 0 Å². The van der Waals surface area contributed by atoms with Gasteiger partial charge in [0.25, 0.3) is 10.0 Å². The van der Waals surface area contributed by atoms with E-state index in [-0.39, 0.29) is 17.1 Å². The highest BCUT2D eigenvalue weighted by Gasteiger charge is 2.24. The molecule has 0 amide bonds. The highest BCUT2D eigenvalue weighted by molar-refractivity contribution is 7.93. The van der Waals surface area contributed by atoms with Crippen LogP contribution in [0.3, 0.4) is 0 Å². The number of nitrogen functional groups attached to an aromatic ring is 1. The molecule has 1 rings (SSSR count). The van der Waals surface area contributed by atoms with Gasteiger partial charge in [-0.2, -0.15) is 8.78 Å². The standard InChI is InChI=1S/C9H11F2N3O2S/c1-5-2-3-6(8(12)13)4-7(5)14-17(15,16)9(10)11/h2-4,9,14H,1H3,(H3,12,13). The lowest BCUT2D eigenvalue weighted by molar-refractivity contribution is 0.236. The first-order chi connectivity index (χ1) is 7.74. The predicted octanol–water partition coefficient (Wildman–Crippen LogP) is 1.24. The van der Waals surface area contributed by atoms with Crippen molar-refractivity contribution in [3.8, 4) is 0 Å². The van der Waals surface area contributed by atoms with Gasteiger partial charge in [-0.1, -0.05) is 12.1 Å². The maximum Gasteiger partial charge on any atom is 0.355 e. The number of hydrogen-bond donors (Lipinski definition) is 3. The van der Waals surface area contributed by atoms with Gasteiger partial charge in [0.15, 0.2) is 0 Å². The van der Waals surface area contributed by atoms with Crippen LogP contribution in [-0.2, 0) is 10.0 Å². The smallest absolute Gasteiger partial charge is 0.355 e. The molecule has 0 aliphatic carbocycles. The van der Waals surface area contributed by atoms with E-state index in [4.69, 9.17) is 11.1 Å². The summed E-state index contributed by atoms with van der Waals surface area (Å²) in [6.07, 6.45) is 0. The van der Waals surface area contributed by atoms with Crippen molar-refractivity contribution in [1.82, 2.24) is 0 Å². The van der Waals surface area contributed by atoms with Crippen LogP contribution in [-0.4, -0.2) is 20.0 Å². The Hall–Kier alpha value is -1.70. The monoisotopic (exact) mass is 263 g/mol. The summed E-state index contributed by atoms with van der Waals surface area (Å²) in [5.41, 5.74) is 5.91. The Balaban J connectivity index is 3.15. The summed E-state index contributed by atoms with van der Waals surface area (Å²) >= 11 is 0. The van der Waals surface area contributed by atoms with E-state index in [0.717, 1.165) is 0 Å². The van der Waals surface area contributed by atoms with Crippen LogP contribution in [0.4, 0.5) is 14.5 Å². The molecule has 5 nitrogen and oxygen atoms in total. The molecule has 0 aliphatic heterocycles. The van der Waals surface area contributed by atoms with E-state index in [1.807, 2.05) is 0 Å². The highest BCUT2D eigenvalue weighted by atomic mass is 32.2. The van der Waals surface area contributed by atoms with Crippen molar-refractivity contribution in [3.05, 3.63) is 29.3 Å². The minimum Gasteiger partial charge on any atom is -0.384 e. The number of nitrogens with two attached hydrogens (primary N) is 1. The summed E-state index contributed by atoms with van der Waals surface area (Å²) in [6, 6.07) is 4.22. The summed E-state index contributed by atoms with van der Waals surface area (Å²) in [5, 5.41) is 7.17. The van der Waals surface area contributed by atoms with E-state index in [9.17, 15) is 17.2 Å². The van der Waals surface area contributed by atoms with Gasteiger partial charge in [-0.15, -0.1) is 0 Å². The molecule has 0 bridgehead atoms. The molecule has 0 atom stereocenters. The van der Waals surface area contributed by atoms with Crippen LogP contribution in [0.15, 0.2) is 18.2 Å². The van der Waals surface area contributed by atoms with E-state index >= 15 is 0 Å². The summed E-state index contributed by atoms with van der Waals surface area (Å²) in [4.78, 5) is 0. The summed E-state index contributed by atoms with van der Waals surface area (Å²) in [5.74, 6) is -3.79. The molecule has 0 aliphatic rings. The van der Waals surface area contributed by atoms with Crippen molar-refractivity contribution in [2.45, 2.75) is 12.7 Å². The zero-order valence-electron chi connectivity index (χ0n) is 8.87. The molecule has 0 fully saturated rings. The van der Waals surface area contributed by atoms with Gasteiger partial charge in [0.1, 0.15) is 5.84 Å². The third-order valence-corrected chi connectivity index (χ3v) is 3.01. The third kappa shape index (κ3) is 3.13.